The number of hydrogen-bond donors (Lipinski definition) is 1. The van der Waals surface area contributed by atoms with E-state index in [9.17, 15) is 8.42 Å². The standard InChI is InChI=1S/C18H15NO4S/c19-17-11-10-16(23-24(20,21)18-7-4-12-22-18)13-15(17)9-8-14-5-2-1-3-6-14/h1-13H,19H2/b9-8+. The number of nitrogens with two attached hydrogens (primary N) is 1. The van der Waals surface area contributed by atoms with Crippen LogP contribution >= 0.6 is 0 Å². The summed E-state index contributed by atoms with van der Waals surface area (Å²) in [6.45, 7) is 0. The van der Waals surface area contributed by atoms with Crippen molar-refractivity contribution in [1.82, 2.24) is 0 Å². The molecule has 2 N–H and O–H groups in total. The summed E-state index contributed by atoms with van der Waals surface area (Å²) in [6, 6.07) is 17.2. The van der Waals surface area contributed by atoms with Crippen molar-refractivity contribution in [2.75, 3.05) is 5.73 Å². The third-order valence-electron chi connectivity index (χ3n) is 3.26. The largest absolute Gasteiger partial charge is 0.450 e. The fraction of sp³-hybridized carbons (Fsp3) is 0. The maximum atomic E-state index is 12.1. The minimum atomic E-state index is -4.00. The SMILES string of the molecule is Nc1ccc(OS(=O)(=O)c2ccco2)cc1/C=C/c1ccccc1. The predicted molar refractivity (Wildman–Crippen MR) is 92.7 cm³/mol. The van der Waals surface area contributed by atoms with Crippen molar-refractivity contribution in [3.63, 3.8) is 0 Å². The molecule has 5 nitrogen and oxygen atoms in total. The molecule has 24 heavy (non-hydrogen) atoms. The van der Waals surface area contributed by atoms with Crippen molar-refractivity contribution in [1.29, 1.82) is 0 Å². The molecular weight excluding hydrogens is 326 g/mol. The van der Waals surface area contributed by atoms with E-state index in [4.69, 9.17) is 14.3 Å². The zero-order valence-corrected chi connectivity index (χ0v) is 13.4. The minimum Gasteiger partial charge on any atom is -0.450 e. The lowest BCUT2D eigenvalue weighted by molar-refractivity contribution is 0.410. The van der Waals surface area contributed by atoms with Gasteiger partial charge in [0, 0.05) is 11.3 Å². The molecule has 6 heteroatoms. The van der Waals surface area contributed by atoms with E-state index in [-0.39, 0.29) is 10.8 Å². The molecule has 0 unspecified atom stereocenters. The highest BCUT2D eigenvalue weighted by molar-refractivity contribution is 7.87. The summed E-state index contributed by atoms with van der Waals surface area (Å²) in [5.41, 5.74) is 8.12. The van der Waals surface area contributed by atoms with Crippen molar-refractivity contribution >= 4 is 28.0 Å². The average Bonchev–Trinajstić information content (AvgIpc) is 3.12. The van der Waals surface area contributed by atoms with Crippen LogP contribution in [-0.4, -0.2) is 8.42 Å². The highest BCUT2D eigenvalue weighted by atomic mass is 32.2. The maximum absolute atomic E-state index is 12.1. The third kappa shape index (κ3) is 3.67. The first-order chi connectivity index (χ1) is 11.5. The van der Waals surface area contributed by atoms with Crippen LogP contribution in [0.3, 0.4) is 0 Å². The smallest absolute Gasteiger partial charge is 0.373 e. The van der Waals surface area contributed by atoms with Crippen LogP contribution < -0.4 is 9.92 Å². The topological polar surface area (TPSA) is 82.5 Å². The average molecular weight is 341 g/mol. The molecule has 0 atom stereocenters. The molecule has 0 aliphatic heterocycles. The van der Waals surface area contributed by atoms with Crippen LogP contribution in [0.1, 0.15) is 11.1 Å². The van der Waals surface area contributed by atoms with E-state index in [0.29, 0.717) is 11.3 Å². The van der Waals surface area contributed by atoms with Gasteiger partial charge in [0.25, 0.3) is 5.09 Å². The second-order valence-corrected chi connectivity index (χ2v) is 6.48. The van der Waals surface area contributed by atoms with Gasteiger partial charge < -0.3 is 14.3 Å². The number of nitrogen functional groups attached to an aromatic ring is 1. The monoisotopic (exact) mass is 341 g/mol. The van der Waals surface area contributed by atoms with E-state index in [1.54, 1.807) is 18.2 Å². The summed E-state index contributed by atoms with van der Waals surface area (Å²) in [5.74, 6) is 0.160. The van der Waals surface area contributed by atoms with Crippen molar-refractivity contribution in [3.8, 4) is 5.75 Å². The van der Waals surface area contributed by atoms with Crippen LogP contribution in [0.25, 0.3) is 12.2 Å². The number of anilines is 1. The van der Waals surface area contributed by atoms with Gasteiger partial charge in [-0.2, -0.15) is 8.42 Å². The molecule has 2 aromatic carbocycles. The van der Waals surface area contributed by atoms with Crippen LogP contribution in [-0.2, 0) is 10.1 Å². The van der Waals surface area contributed by atoms with Crippen LogP contribution in [0, 0.1) is 0 Å². The normalized spacial score (nSPS) is 11.7. The summed E-state index contributed by atoms with van der Waals surface area (Å²) < 4.78 is 34.1. The van der Waals surface area contributed by atoms with E-state index in [1.807, 2.05) is 36.4 Å². The molecule has 0 saturated carbocycles. The molecule has 0 fully saturated rings. The van der Waals surface area contributed by atoms with E-state index >= 15 is 0 Å². The van der Waals surface area contributed by atoms with Crippen LogP contribution in [0.15, 0.2) is 76.4 Å². The Morgan fingerprint density at radius 2 is 1.75 bits per heavy atom. The predicted octanol–water partition coefficient (Wildman–Crippen LogP) is 3.80. The van der Waals surface area contributed by atoms with E-state index < -0.39 is 10.1 Å². The van der Waals surface area contributed by atoms with Gasteiger partial charge in [-0.1, -0.05) is 42.5 Å². The highest BCUT2D eigenvalue weighted by Crippen LogP contribution is 2.25. The molecular formula is C18H15NO4S. The molecule has 3 rings (SSSR count). The lowest BCUT2D eigenvalue weighted by Crippen LogP contribution is -2.08. The summed E-state index contributed by atoms with van der Waals surface area (Å²) in [5, 5.41) is -0.249. The van der Waals surface area contributed by atoms with Gasteiger partial charge in [-0.05, 0) is 35.9 Å². The summed E-state index contributed by atoms with van der Waals surface area (Å²) in [6.07, 6.45) is 4.96. The zero-order chi connectivity index (χ0) is 17.0. The van der Waals surface area contributed by atoms with Gasteiger partial charge in [0.2, 0.25) is 0 Å². The van der Waals surface area contributed by atoms with Crippen molar-refractivity contribution in [3.05, 3.63) is 78.1 Å². The number of rotatable bonds is 5. The lowest BCUT2D eigenvalue weighted by Gasteiger charge is -2.07. The second kappa shape index (κ2) is 6.64. The van der Waals surface area contributed by atoms with E-state index in [0.717, 1.165) is 5.56 Å². The Bertz CT molecular complexity index is 946. The third-order valence-corrected chi connectivity index (χ3v) is 4.40. The van der Waals surface area contributed by atoms with Gasteiger partial charge in [0.05, 0.1) is 6.26 Å². The van der Waals surface area contributed by atoms with Gasteiger partial charge >= 0.3 is 10.1 Å². The quantitative estimate of drug-likeness (QED) is 0.433. The molecule has 1 aromatic heterocycles. The molecule has 3 aromatic rings. The molecule has 0 aliphatic carbocycles. The van der Waals surface area contributed by atoms with Gasteiger partial charge in [-0.15, -0.1) is 0 Å². The Balaban J connectivity index is 1.85. The molecule has 0 spiro atoms. The van der Waals surface area contributed by atoms with Crippen molar-refractivity contribution < 1.29 is 17.0 Å². The fourth-order valence-electron chi connectivity index (χ4n) is 2.07. The van der Waals surface area contributed by atoms with Crippen LogP contribution in [0.4, 0.5) is 5.69 Å². The van der Waals surface area contributed by atoms with E-state index in [2.05, 4.69) is 0 Å². The van der Waals surface area contributed by atoms with E-state index in [1.165, 1.54) is 24.5 Å². The first-order valence-corrected chi connectivity index (χ1v) is 8.56. The Kier molecular flexibility index (Phi) is 4.39. The molecule has 0 bridgehead atoms. The summed E-state index contributed by atoms with van der Waals surface area (Å²) >= 11 is 0. The van der Waals surface area contributed by atoms with Crippen molar-refractivity contribution in [2.24, 2.45) is 0 Å². The number of benzene rings is 2. The molecule has 0 amide bonds. The first-order valence-electron chi connectivity index (χ1n) is 7.15. The lowest BCUT2D eigenvalue weighted by atomic mass is 10.1. The summed E-state index contributed by atoms with van der Waals surface area (Å²) in [4.78, 5) is 0. The molecule has 0 aliphatic rings. The van der Waals surface area contributed by atoms with Crippen LogP contribution in [0.5, 0.6) is 5.75 Å². The van der Waals surface area contributed by atoms with Gasteiger partial charge in [0.15, 0.2) is 0 Å². The number of furan rings is 1. The second-order valence-electron chi connectivity index (χ2n) is 5.00. The fourth-order valence-corrected chi connectivity index (χ4v) is 2.93. The Morgan fingerprint density at radius 1 is 0.958 bits per heavy atom. The first kappa shape index (κ1) is 15.9. The Morgan fingerprint density at radius 3 is 2.46 bits per heavy atom. The molecule has 0 radical (unpaired) electrons. The van der Waals surface area contributed by atoms with Gasteiger partial charge in [0.1, 0.15) is 5.75 Å². The van der Waals surface area contributed by atoms with Gasteiger partial charge in [-0.25, -0.2) is 0 Å². The number of hydrogen-bond acceptors (Lipinski definition) is 5. The van der Waals surface area contributed by atoms with Crippen molar-refractivity contribution in [2.45, 2.75) is 5.09 Å². The molecule has 0 saturated heterocycles. The molecule has 1 heterocycles. The minimum absolute atomic E-state index is 0.160. The van der Waals surface area contributed by atoms with Gasteiger partial charge in [-0.3, -0.25) is 0 Å². The Hall–Kier alpha value is -2.99. The maximum Gasteiger partial charge on any atom is 0.373 e. The molecule has 122 valence electrons. The Labute approximate surface area is 140 Å². The van der Waals surface area contributed by atoms with Crippen LogP contribution in [0.2, 0.25) is 0 Å². The highest BCUT2D eigenvalue weighted by Gasteiger charge is 2.20. The summed E-state index contributed by atoms with van der Waals surface area (Å²) in [7, 11) is -4.00. The zero-order valence-electron chi connectivity index (χ0n) is 12.6.